The van der Waals surface area contributed by atoms with E-state index < -0.39 is 6.23 Å². The molecule has 2 bridgehead atoms. The highest BCUT2D eigenvalue weighted by molar-refractivity contribution is 5.75. The Morgan fingerprint density at radius 3 is 2.62 bits per heavy atom. The van der Waals surface area contributed by atoms with Crippen molar-refractivity contribution in [1.82, 2.24) is 10.2 Å². The van der Waals surface area contributed by atoms with Crippen molar-refractivity contribution >= 4 is 6.03 Å². The average Bonchev–Trinajstić information content (AvgIpc) is 2.70. The molecule has 1 aliphatic carbocycles. The molecule has 3 atom stereocenters. The summed E-state index contributed by atoms with van der Waals surface area (Å²) in [6.07, 6.45) is 2.89. The monoisotopic (exact) mass is 332 g/mol. The van der Waals surface area contributed by atoms with Gasteiger partial charge in [0.25, 0.3) is 0 Å². The van der Waals surface area contributed by atoms with Crippen LogP contribution in [0.5, 0.6) is 11.5 Å². The molecule has 2 aliphatic rings. The lowest BCUT2D eigenvalue weighted by Gasteiger charge is -2.39. The van der Waals surface area contributed by atoms with Crippen LogP contribution in [0.2, 0.25) is 0 Å². The van der Waals surface area contributed by atoms with Gasteiger partial charge in [-0.3, -0.25) is 0 Å². The molecule has 3 unspecified atom stereocenters. The number of fused-ring (bicyclic) bond motifs is 2. The van der Waals surface area contributed by atoms with Crippen molar-refractivity contribution in [1.29, 1.82) is 0 Å². The maximum atomic E-state index is 12.7. The van der Waals surface area contributed by atoms with E-state index in [2.05, 4.69) is 26.1 Å². The lowest BCUT2D eigenvalue weighted by molar-refractivity contribution is 0.125. The fourth-order valence-electron chi connectivity index (χ4n) is 4.71. The second-order valence-electron chi connectivity index (χ2n) is 8.55. The van der Waals surface area contributed by atoms with Gasteiger partial charge in [0.2, 0.25) is 0 Å². The Balaban J connectivity index is 1.60. The molecule has 1 aromatic carbocycles. The van der Waals surface area contributed by atoms with Crippen molar-refractivity contribution in [2.75, 3.05) is 6.54 Å². The molecule has 1 saturated heterocycles. The first-order valence-electron chi connectivity index (χ1n) is 8.69. The second-order valence-corrected chi connectivity index (χ2v) is 8.55. The molecule has 1 heterocycles. The molecule has 5 nitrogen and oxygen atoms in total. The Kier molecular flexibility index (Phi) is 4.14. The number of likely N-dealkylation sites (tertiary alicyclic amines) is 1. The maximum Gasteiger partial charge on any atom is 0.320 e. The molecule has 1 saturated carbocycles. The van der Waals surface area contributed by atoms with Crippen LogP contribution in [0.3, 0.4) is 0 Å². The molecule has 24 heavy (non-hydrogen) atoms. The van der Waals surface area contributed by atoms with Gasteiger partial charge in [-0.05, 0) is 61.3 Å². The molecule has 2 amide bonds. The van der Waals surface area contributed by atoms with Gasteiger partial charge in [0.15, 0.2) is 6.23 Å². The SMILES string of the molecule is CC(NC(=O)N1CC2(C)CC1CC(C)(C)C2)Oc1ccc(O)cc1. The van der Waals surface area contributed by atoms with Crippen LogP contribution in [-0.4, -0.2) is 34.9 Å². The summed E-state index contributed by atoms with van der Waals surface area (Å²) in [6.45, 7) is 9.53. The summed E-state index contributed by atoms with van der Waals surface area (Å²) in [7, 11) is 0. The summed E-state index contributed by atoms with van der Waals surface area (Å²) < 4.78 is 5.71. The first-order chi connectivity index (χ1) is 11.2. The van der Waals surface area contributed by atoms with E-state index in [-0.39, 0.29) is 17.2 Å². The van der Waals surface area contributed by atoms with E-state index in [1.807, 2.05) is 11.8 Å². The van der Waals surface area contributed by atoms with Crippen LogP contribution in [0.1, 0.15) is 47.0 Å². The van der Waals surface area contributed by atoms with Gasteiger partial charge >= 0.3 is 6.03 Å². The molecular formula is C19H28N2O3. The van der Waals surface area contributed by atoms with Crippen LogP contribution in [0.15, 0.2) is 24.3 Å². The number of phenols is 1. The summed E-state index contributed by atoms with van der Waals surface area (Å²) in [4.78, 5) is 14.7. The smallest absolute Gasteiger partial charge is 0.320 e. The highest BCUT2D eigenvalue weighted by Gasteiger charge is 2.51. The molecule has 1 aromatic rings. The largest absolute Gasteiger partial charge is 0.508 e. The van der Waals surface area contributed by atoms with Crippen LogP contribution in [-0.2, 0) is 0 Å². The number of carbonyl (C=O) groups is 1. The standard InChI is InChI=1S/C19H28N2O3/c1-13(24-16-7-5-15(22)6-8-16)20-17(23)21-12-19(4)10-14(21)9-18(2,3)11-19/h5-8,13-14,22H,9-12H2,1-4H3,(H,20,23). The predicted molar refractivity (Wildman–Crippen MR) is 93.0 cm³/mol. The topological polar surface area (TPSA) is 61.8 Å². The van der Waals surface area contributed by atoms with E-state index >= 15 is 0 Å². The lowest BCUT2D eigenvalue weighted by Crippen LogP contribution is -2.48. The number of ether oxygens (including phenoxy) is 1. The Hall–Kier alpha value is -1.91. The number of benzene rings is 1. The summed E-state index contributed by atoms with van der Waals surface area (Å²) >= 11 is 0. The molecular weight excluding hydrogens is 304 g/mol. The van der Waals surface area contributed by atoms with Crippen molar-refractivity contribution in [2.45, 2.75) is 59.2 Å². The van der Waals surface area contributed by atoms with E-state index in [0.29, 0.717) is 17.2 Å². The third-order valence-electron chi connectivity index (χ3n) is 5.15. The van der Waals surface area contributed by atoms with E-state index in [1.54, 1.807) is 24.3 Å². The van der Waals surface area contributed by atoms with Crippen LogP contribution in [0, 0.1) is 10.8 Å². The number of aromatic hydroxyl groups is 1. The van der Waals surface area contributed by atoms with Crippen molar-refractivity contribution in [3.63, 3.8) is 0 Å². The third kappa shape index (κ3) is 3.60. The van der Waals surface area contributed by atoms with Gasteiger partial charge in [0, 0.05) is 12.6 Å². The third-order valence-corrected chi connectivity index (χ3v) is 5.15. The number of carbonyl (C=O) groups excluding carboxylic acids is 1. The van der Waals surface area contributed by atoms with Gasteiger partial charge in [-0.2, -0.15) is 0 Å². The molecule has 1 aliphatic heterocycles. The number of hydrogen-bond donors (Lipinski definition) is 2. The molecule has 2 N–H and O–H groups in total. The first kappa shape index (κ1) is 16.9. The molecule has 0 aromatic heterocycles. The molecule has 0 radical (unpaired) electrons. The van der Waals surface area contributed by atoms with Crippen molar-refractivity contribution in [3.05, 3.63) is 24.3 Å². The van der Waals surface area contributed by atoms with Crippen LogP contribution >= 0.6 is 0 Å². The summed E-state index contributed by atoms with van der Waals surface area (Å²) in [5.41, 5.74) is 0.520. The number of phenolic OH excluding ortho intramolecular Hbond substituents is 1. The summed E-state index contributed by atoms with van der Waals surface area (Å²) in [5, 5.41) is 12.2. The Bertz CT molecular complexity index is 614. The summed E-state index contributed by atoms with van der Waals surface area (Å²) in [6, 6.07) is 6.77. The van der Waals surface area contributed by atoms with Gasteiger partial charge in [-0.1, -0.05) is 20.8 Å². The molecule has 3 rings (SSSR count). The quantitative estimate of drug-likeness (QED) is 0.829. The second kappa shape index (κ2) is 5.87. The minimum absolute atomic E-state index is 0.0484. The zero-order valence-corrected chi connectivity index (χ0v) is 15.0. The van der Waals surface area contributed by atoms with Crippen LogP contribution in [0.25, 0.3) is 0 Å². The number of nitrogens with zero attached hydrogens (tertiary/aromatic N) is 1. The van der Waals surface area contributed by atoms with Crippen LogP contribution in [0.4, 0.5) is 4.79 Å². The number of amides is 2. The normalized spacial score (nSPS) is 29.2. The molecule has 132 valence electrons. The fourth-order valence-corrected chi connectivity index (χ4v) is 4.71. The van der Waals surface area contributed by atoms with E-state index in [4.69, 9.17) is 4.74 Å². The molecule has 5 heteroatoms. The number of urea groups is 1. The van der Waals surface area contributed by atoms with E-state index in [9.17, 15) is 9.90 Å². The van der Waals surface area contributed by atoms with Gasteiger partial charge in [0.05, 0.1) is 0 Å². The lowest BCUT2D eigenvalue weighted by atomic mass is 9.65. The Morgan fingerprint density at radius 1 is 1.29 bits per heavy atom. The molecule has 0 spiro atoms. The zero-order chi connectivity index (χ0) is 17.5. The Labute approximate surface area is 144 Å². The van der Waals surface area contributed by atoms with E-state index in [1.165, 1.54) is 6.42 Å². The average molecular weight is 332 g/mol. The molecule has 2 fully saturated rings. The zero-order valence-electron chi connectivity index (χ0n) is 15.0. The summed E-state index contributed by atoms with van der Waals surface area (Å²) in [5.74, 6) is 0.813. The minimum Gasteiger partial charge on any atom is -0.508 e. The van der Waals surface area contributed by atoms with Gasteiger partial charge < -0.3 is 20.1 Å². The number of nitrogens with one attached hydrogen (secondary N) is 1. The minimum atomic E-state index is -0.427. The fraction of sp³-hybridized carbons (Fsp3) is 0.632. The van der Waals surface area contributed by atoms with Gasteiger partial charge in [-0.15, -0.1) is 0 Å². The van der Waals surface area contributed by atoms with Gasteiger partial charge in [0.1, 0.15) is 11.5 Å². The van der Waals surface area contributed by atoms with Gasteiger partial charge in [-0.25, -0.2) is 4.79 Å². The maximum absolute atomic E-state index is 12.7. The Morgan fingerprint density at radius 2 is 1.96 bits per heavy atom. The number of rotatable bonds is 3. The first-order valence-corrected chi connectivity index (χ1v) is 8.69. The van der Waals surface area contributed by atoms with Crippen molar-refractivity contribution in [3.8, 4) is 11.5 Å². The predicted octanol–water partition coefficient (Wildman–Crippen LogP) is 3.73. The van der Waals surface area contributed by atoms with Crippen molar-refractivity contribution in [2.24, 2.45) is 10.8 Å². The van der Waals surface area contributed by atoms with Crippen LogP contribution < -0.4 is 10.1 Å². The highest BCUT2D eigenvalue weighted by atomic mass is 16.5. The van der Waals surface area contributed by atoms with E-state index in [0.717, 1.165) is 19.4 Å². The number of hydrogen-bond acceptors (Lipinski definition) is 3. The highest BCUT2D eigenvalue weighted by Crippen LogP contribution is 2.52. The van der Waals surface area contributed by atoms with Crippen molar-refractivity contribution < 1.29 is 14.6 Å².